The van der Waals surface area contributed by atoms with Crippen LogP contribution in [0.15, 0.2) is 0 Å². The van der Waals surface area contributed by atoms with Gasteiger partial charge in [0.1, 0.15) is 0 Å². The zero-order valence-electron chi connectivity index (χ0n) is 6.83. The highest BCUT2D eigenvalue weighted by Gasteiger charge is 2.15. The number of nitrogens with zero attached hydrogens (tertiary/aromatic N) is 2. The number of terminal acetylenes is 1. The number of aryl methyl sites for hydroxylation is 1. The number of carboxylic acid groups (broad SMARTS) is 1. The van der Waals surface area contributed by atoms with E-state index in [0.717, 1.165) is 0 Å². The van der Waals surface area contributed by atoms with Crippen molar-refractivity contribution in [3.8, 4) is 12.3 Å². The second-order valence-electron chi connectivity index (χ2n) is 2.38. The lowest BCUT2D eigenvalue weighted by atomic mass is 10.3. The van der Waals surface area contributed by atoms with E-state index in [1.807, 2.05) is 0 Å². The minimum absolute atomic E-state index is 0.142. The molecule has 4 heteroatoms. The van der Waals surface area contributed by atoms with Crippen LogP contribution in [0.25, 0.3) is 0 Å². The molecule has 0 aliphatic heterocycles. The second kappa shape index (κ2) is 2.70. The van der Waals surface area contributed by atoms with Crippen molar-refractivity contribution in [2.45, 2.75) is 6.92 Å². The molecule has 0 aliphatic carbocycles. The molecule has 0 amide bonds. The van der Waals surface area contributed by atoms with Gasteiger partial charge in [0.2, 0.25) is 0 Å². The Labute approximate surface area is 69.8 Å². The van der Waals surface area contributed by atoms with Crippen LogP contribution in [0.2, 0.25) is 0 Å². The summed E-state index contributed by atoms with van der Waals surface area (Å²) in [5.41, 5.74) is 0.584. The number of carbonyl (C=O) groups is 1. The van der Waals surface area contributed by atoms with Crippen molar-refractivity contribution < 1.29 is 9.90 Å². The number of hydrogen-bond acceptors (Lipinski definition) is 2. The molecule has 0 aliphatic rings. The Morgan fingerprint density at radius 1 is 1.75 bits per heavy atom. The third kappa shape index (κ3) is 1.05. The van der Waals surface area contributed by atoms with Crippen molar-refractivity contribution in [1.82, 2.24) is 9.55 Å². The molecular formula is C8H8N2O2. The van der Waals surface area contributed by atoms with Gasteiger partial charge in [-0.3, -0.25) is 0 Å². The lowest BCUT2D eigenvalue weighted by Crippen LogP contribution is -2.06. The van der Waals surface area contributed by atoms with Crippen molar-refractivity contribution in [3.63, 3.8) is 0 Å². The van der Waals surface area contributed by atoms with E-state index in [9.17, 15) is 4.79 Å². The van der Waals surface area contributed by atoms with E-state index < -0.39 is 5.97 Å². The van der Waals surface area contributed by atoms with Gasteiger partial charge in [0.15, 0.2) is 11.5 Å². The fraction of sp³-hybridized carbons (Fsp3) is 0.250. The van der Waals surface area contributed by atoms with Gasteiger partial charge in [0.05, 0.1) is 5.69 Å². The monoisotopic (exact) mass is 164 g/mol. The van der Waals surface area contributed by atoms with E-state index in [-0.39, 0.29) is 5.69 Å². The van der Waals surface area contributed by atoms with Crippen LogP contribution in [0.3, 0.4) is 0 Å². The quantitative estimate of drug-likeness (QED) is 0.611. The largest absolute Gasteiger partial charge is 0.477 e. The molecule has 62 valence electrons. The van der Waals surface area contributed by atoms with E-state index in [2.05, 4.69) is 10.9 Å². The van der Waals surface area contributed by atoms with Gasteiger partial charge in [-0.05, 0) is 12.8 Å². The molecule has 0 radical (unpaired) electrons. The molecule has 1 heterocycles. The third-order valence-corrected chi connectivity index (χ3v) is 1.60. The first-order valence-electron chi connectivity index (χ1n) is 3.31. The number of imidazole rings is 1. The number of aromatic nitrogens is 2. The summed E-state index contributed by atoms with van der Waals surface area (Å²) in [5.74, 6) is 1.63. The third-order valence-electron chi connectivity index (χ3n) is 1.60. The van der Waals surface area contributed by atoms with Crippen LogP contribution in [0.5, 0.6) is 0 Å². The van der Waals surface area contributed by atoms with Crippen LogP contribution in [-0.4, -0.2) is 20.6 Å². The van der Waals surface area contributed by atoms with E-state index >= 15 is 0 Å². The van der Waals surface area contributed by atoms with Gasteiger partial charge in [-0.25, -0.2) is 9.78 Å². The lowest BCUT2D eigenvalue weighted by Gasteiger charge is -1.96. The van der Waals surface area contributed by atoms with Crippen LogP contribution in [-0.2, 0) is 7.05 Å². The Morgan fingerprint density at radius 3 is 2.58 bits per heavy atom. The molecule has 0 atom stereocenters. The highest BCUT2D eigenvalue weighted by Crippen LogP contribution is 2.07. The molecule has 4 nitrogen and oxygen atoms in total. The standard InChI is InChI=1S/C8H8N2O2/c1-4-6-9-5(2)7(8(11)12)10(6)3/h1H,2-3H3,(H,11,12). The molecule has 0 fully saturated rings. The Kier molecular flexibility index (Phi) is 1.88. The van der Waals surface area contributed by atoms with Gasteiger partial charge < -0.3 is 9.67 Å². The molecule has 0 saturated heterocycles. The van der Waals surface area contributed by atoms with Crippen molar-refractivity contribution in [3.05, 3.63) is 17.2 Å². The SMILES string of the molecule is C#Cc1nc(C)c(C(=O)O)n1C. The topological polar surface area (TPSA) is 55.1 Å². The molecule has 0 saturated carbocycles. The number of rotatable bonds is 1. The Hall–Kier alpha value is -1.76. The zero-order chi connectivity index (χ0) is 9.30. The van der Waals surface area contributed by atoms with Crippen molar-refractivity contribution in [1.29, 1.82) is 0 Å². The van der Waals surface area contributed by atoms with E-state index in [1.165, 1.54) is 4.57 Å². The average molecular weight is 164 g/mol. The predicted octanol–water partition coefficient (Wildman–Crippen LogP) is 0.408. The molecule has 0 bridgehead atoms. The summed E-state index contributed by atoms with van der Waals surface area (Å²) in [7, 11) is 1.58. The minimum atomic E-state index is -1.01. The summed E-state index contributed by atoms with van der Waals surface area (Å²) in [6, 6.07) is 0. The maximum Gasteiger partial charge on any atom is 0.354 e. The van der Waals surface area contributed by atoms with Crippen molar-refractivity contribution >= 4 is 5.97 Å². The van der Waals surface area contributed by atoms with Crippen molar-refractivity contribution in [2.24, 2.45) is 7.05 Å². The molecule has 12 heavy (non-hydrogen) atoms. The number of carboxylic acids is 1. The fourth-order valence-electron chi connectivity index (χ4n) is 1.06. The van der Waals surface area contributed by atoms with Crippen molar-refractivity contribution in [2.75, 3.05) is 0 Å². The van der Waals surface area contributed by atoms with Gasteiger partial charge in [-0.2, -0.15) is 0 Å². The van der Waals surface area contributed by atoms with E-state index in [0.29, 0.717) is 11.5 Å². The van der Waals surface area contributed by atoms with E-state index in [1.54, 1.807) is 14.0 Å². The van der Waals surface area contributed by atoms with Crippen LogP contribution >= 0.6 is 0 Å². The first kappa shape index (κ1) is 8.34. The lowest BCUT2D eigenvalue weighted by molar-refractivity contribution is 0.0685. The maximum absolute atomic E-state index is 10.6. The second-order valence-corrected chi connectivity index (χ2v) is 2.38. The first-order valence-corrected chi connectivity index (χ1v) is 3.31. The maximum atomic E-state index is 10.6. The van der Waals surface area contributed by atoms with Crippen LogP contribution < -0.4 is 0 Å². The molecule has 1 aromatic heterocycles. The number of hydrogen-bond donors (Lipinski definition) is 1. The smallest absolute Gasteiger partial charge is 0.354 e. The highest BCUT2D eigenvalue weighted by molar-refractivity contribution is 5.87. The van der Waals surface area contributed by atoms with Gasteiger partial charge in [0.25, 0.3) is 0 Å². The molecule has 0 spiro atoms. The summed E-state index contributed by atoms with van der Waals surface area (Å²) in [5, 5.41) is 8.73. The molecule has 1 aromatic rings. The normalized spacial score (nSPS) is 9.42. The van der Waals surface area contributed by atoms with Crippen LogP contribution in [0, 0.1) is 19.3 Å². The van der Waals surface area contributed by atoms with Crippen LogP contribution in [0.4, 0.5) is 0 Å². The predicted molar refractivity (Wildman–Crippen MR) is 42.8 cm³/mol. The highest BCUT2D eigenvalue weighted by atomic mass is 16.4. The van der Waals surface area contributed by atoms with E-state index in [4.69, 9.17) is 11.5 Å². The molecule has 0 aromatic carbocycles. The Morgan fingerprint density at radius 2 is 2.33 bits per heavy atom. The minimum Gasteiger partial charge on any atom is -0.477 e. The summed E-state index contributed by atoms with van der Waals surface area (Å²) in [4.78, 5) is 14.5. The summed E-state index contributed by atoms with van der Waals surface area (Å²) in [6.45, 7) is 1.62. The molecule has 0 unspecified atom stereocenters. The van der Waals surface area contributed by atoms with Gasteiger partial charge in [-0.1, -0.05) is 0 Å². The van der Waals surface area contributed by atoms with Gasteiger partial charge in [0, 0.05) is 7.05 Å². The Bertz CT molecular complexity index is 371. The first-order chi connectivity index (χ1) is 5.57. The Balaban J connectivity index is 3.40. The zero-order valence-corrected chi connectivity index (χ0v) is 6.83. The molecule has 1 N–H and O–H groups in total. The van der Waals surface area contributed by atoms with Gasteiger partial charge >= 0.3 is 5.97 Å². The summed E-state index contributed by atoms with van der Waals surface area (Å²) >= 11 is 0. The fourth-order valence-corrected chi connectivity index (χ4v) is 1.06. The molecule has 1 rings (SSSR count). The number of aromatic carboxylic acids is 1. The van der Waals surface area contributed by atoms with Gasteiger partial charge in [-0.15, -0.1) is 6.42 Å². The summed E-state index contributed by atoms with van der Waals surface area (Å²) < 4.78 is 1.39. The average Bonchev–Trinajstić information content (AvgIpc) is 2.25. The summed E-state index contributed by atoms with van der Waals surface area (Å²) in [6.07, 6.45) is 5.11. The molecular weight excluding hydrogens is 156 g/mol. The van der Waals surface area contributed by atoms with Crippen LogP contribution in [0.1, 0.15) is 22.0 Å².